The molecule has 2 heterocycles. The minimum absolute atomic E-state index is 0.255. The molecule has 0 fully saturated rings. The summed E-state index contributed by atoms with van der Waals surface area (Å²) in [5.41, 5.74) is 1.27. The summed E-state index contributed by atoms with van der Waals surface area (Å²) in [6.45, 7) is 1.56. The standard InChI is InChI=1S/C11H10ClN3O3S/c1-6-5-19-10(9(6)12)11(18)14-7-2-13-15(3-7)4-8(16)17/h2-3,5H,4H2,1H3,(H,14,18)(H,16,17). The summed E-state index contributed by atoms with van der Waals surface area (Å²) in [5.74, 6) is -1.34. The molecule has 0 unspecified atom stereocenters. The number of halogens is 1. The van der Waals surface area contributed by atoms with Crippen molar-refractivity contribution in [3.05, 3.63) is 33.2 Å². The number of nitrogens with zero attached hydrogens (tertiary/aromatic N) is 2. The highest BCUT2D eigenvalue weighted by molar-refractivity contribution is 7.13. The molecule has 0 saturated heterocycles. The van der Waals surface area contributed by atoms with Gasteiger partial charge in [0.1, 0.15) is 11.4 Å². The number of thiophene rings is 1. The number of aryl methyl sites for hydroxylation is 1. The number of aliphatic carboxylic acids is 1. The van der Waals surface area contributed by atoms with Crippen molar-refractivity contribution in [2.45, 2.75) is 13.5 Å². The maximum absolute atomic E-state index is 11.9. The van der Waals surface area contributed by atoms with Crippen LogP contribution in [0, 0.1) is 6.92 Å². The van der Waals surface area contributed by atoms with Crippen LogP contribution in [0.15, 0.2) is 17.8 Å². The maximum atomic E-state index is 11.9. The number of amides is 1. The summed E-state index contributed by atoms with van der Waals surface area (Å²) in [7, 11) is 0. The number of aromatic nitrogens is 2. The minimum Gasteiger partial charge on any atom is -0.480 e. The molecular formula is C11H10ClN3O3S. The minimum atomic E-state index is -1.00. The second kappa shape index (κ2) is 5.41. The van der Waals surface area contributed by atoms with Gasteiger partial charge >= 0.3 is 5.97 Å². The van der Waals surface area contributed by atoms with Gasteiger partial charge in [-0.05, 0) is 17.9 Å². The maximum Gasteiger partial charge on any atom is 0.325 e. The Kier molecular flexibility index (Phi) is 3.87. The second-order valence-corrected chi connectivity index (χ2v) is 5.09. The molecule has 8 heteroatoms. The van der Waals surface area contributed by atoms with E-state index in [-0.39, 0.29) is 12.5 Å². The lowest BCUT2D eigenvalue weighted by atomic mass is 10.3. The highest BCUT2D eigenvalue weighted by atomic mass is 35.5. The molecule has 0 aliphatic rings. The number of carbonyl (C=O) groups excluding carboxylic acids is 1. The Hall–Kier alpha value is -1.86. The largest absolute Gasteiger partial charge is 0.480 e. The fourth-order valence-electron chi connectivity index (χ4n) is 1.42. The van der Waals surface area contributed by atoms with Crippen molar-refractivity contribution < 1.29 is 14.7 Å². The Morgan fingerprint density at radius 1 is 1.58 bits per heavy atom. The van der Waals surface area contributed by atoms with Crippen molar-refractivity contribution >= 4 is 40.5 Å². The Morgan fingerprint density at radius 2 is 2.32 bits per heavy atom. The lowest BCUT2D eigenvalue weighted by Gasteiger charge is -2.00. The van der Waals surface area contributed by atoms with Gasteiger partial charge in [0.2, 0.25) is 0 Å². The quantitative estimate of drug-likeness (QED) is 0.907. The molecule has 19 heavy (non-hydrogen) atoms. The molecule has 2 N–H and O–H groups in total. The molecule has 0 spiro atoms. The molecule has 100 valence electrons. The fraction of sp³-hybridized carbons (Fsp3) is 0.182. The van der Waals surface area contributed by atoms with Gasteiger partial charge in [-0.3, -0.25) is 14.3 Å². The van der Waals surface area contributed by atoms with Crippen molar-refractivity contribution in [1.29, 1.82) is 0 Å². The van der Waals surface area contributed by atoms with Crippen molar-refractivity contribution in [1.82, 2.24) is 9.78 Å². The monoisotopic (exact) mass is 299 g/mol. The zero-order chi connectivity index (χ0) is 14.0. The molecule has 1 amide bonds. The summed E-state index contributed by atoms with van der Waals surface area (Å²) in [5, 5.41) is 17.3. The first-order chi connectivity index (χ1) is 8.97. The lowest BCUT2D eigenvalue weighted by molar-refractivity contribution is -0.137. The van der Waals surface area contributed by atoms with Gasteiger partial charge in [-0.2, -0.15) is 5.10 Å². The van der Waals surface area contributed by atoms with E-state index in [9.17, 15) is 9.59 Å². The predicted molar refractivity (Wildman–Crippen MR) is 71.9 cm³/mol. The molecule has 0 aliphatic heterocycles. The van der Waals surface area contributed by atoms with Crippen LogP contribution >= 0.6 is 22.9 Å². The number of carbonyl (C=O) groups is 2. The van der Waals surface area contributed by atoms with E-state index in [1.165, 1.54) is 28.4 Å². The Balaban J connectivity index is 2.09. The summed E-state index contributed by atoms with van der Waals surface area (Å²) in [6.07, 6.45) is 2.83. The molecule has 0 atom stereocenters. The highest BCUT2D eigenvalue weighted by Crippen LogP contribution is 2.27. The van der Waals surface area contributed by atoms with Crippen LogP contribution in [0.4, 0.5) is 5.69 Å². The van der Waals surface area contributed by atoms with E-state index in [0.717, 1.165) is 5.56 Å². The van der Waals surface area contributed by atoms with Gasteiger partial charge < -0.3 is 10.4 Å². The van der Waals surface area contributed by atoms with Gasteiger partial charge in [0, 0.05) is 6.20 Å². The Morgan fingerprint density at radius 3 is 2.89 bits per heavy atom. The summed E-state index contributed by atoms with van der Waals surface area (Å²) in [4.78, 5) is 22.9. The van der Waals surface area contributed by atoms with E-state index in [0.29, 0.717) is 15.6 Å². The van der Waals surface area contributed by atoms with Gasteiger partial charge in [0.05, 0.1) is 16.9 Å². The number of carboxylic acids is 1. The third-order valence-electron chi connectivity index (χ3n) is 2.29. The van der Waals surface area contributed by atoms with Crippen LogP contribution < -0.4 is 5.32 Å². The van der Waals surface area contributed by atoms with Crippen LogP contribution in [0.2, 0.25) is 5.02 Å². The topological polar surface area (TPSA) is 84.2 Å². The van der Waals surface area contributed by atoms with Crippen LogP contribution in [-0.4, -0.2) is 26.8 Å². The van der Waals surface area contributed by atoms with Crippen LogP contribution in [0.1, 0.15) is 15.2 Å². The number of hydrogen-bond donors (Lipinski definition) is 2. The number of anilines is 1. The van der Waals surface area contributed by atoms with Gasteiger partial charge in [-0.15, -0.1) is 11.3 Å². The number of hydrogen-bond acceptors (Lipinski definition) is 4. The summed E-state index contributed by atoms with van der Waals surface area (Å²) in [6, 6.07) is 0. The zero-order valence-corrected chi connectivity index (χ0v) is 11.5. The molecule has 0 radical (unpaired) electrons. The molecule has 0 saturated carbocycles. The third kappa shape index (κ3) is 3.12. The van der Waals surface area contributed by atoms with Crippen molar-refractivity contribution in [3.63, 3.8) is 0 Å². The van der Waals surface area contributed by atoms with Gasteiger partial charge in [-0.25, -0.2) is 0 Å². The molecular weight excluding hydrogens is 290 g/mol. The predicted octanol–water partition coefficient (Wildman–Crippen LogP) is 2.24. The van der Waals surface area contributed by atoms with E-state index in [2.05, 4.69) is 10.4 Å². The third-order valence-corrected chi connectivity index (χ3v) is 3.99. The average Bonchev–Trinajstić information content (AvgIpc) is 2.87. The van der Waals surface area contributed by atoms with E-state index >= 15 is 0 Å². The van der Waals surface area contributed by atoms with Crippen molar-refractivity contribution in [2.24, 2.45) is 0 Å². The summed E-state index contributed by atoms with van der Waals surface area (Å²) >= 11 is 7.25. The highest BCUT2D eigenvalue weighted by Gasteiger charge is 2.15. The van der Waals surface area contributed by atoms with E-state index in [1.807, 2.05) is 6.92 Å². The van der Waals surface area contributed by atoms with Crippen LogP contribution in [0.3, 0.4) is 0 Å². The smallest absolute Gasteiger partial charge is 0.325 e. The first-order valence-electron chi connectivity index (χ1n) is 5.26. The second-order valence-electron chi connectivity index (χ2n) is 3.84. The van der Waals surface area contributed by atoms with Gasteiger partial charge in [-0.1, -0.05) is 11.6 Å². The van der Waals surface area contributed by atoms with Crippen LogP contribution in [-0.2, 0) is 11.3 Å². The van der Waals surface area contributed by atoms with E-state index in [1.54, 1.807) is 5.38 Å². The van der Waals surface area contributed by atoms with Crippen molar-refractivity contribution in [3.8, 4) is 0 Å². The first kappa shape index (κ1) is 13.6. The van der Waals surface area contributed by atoms with Crippen molar-refractivity contribution in [2.75, 3.05) is 5.32 Å². The van der Waals surface area contributed by atoms with Gasteiger partial charge in [0.25, 0.3) is 5.91 Å². The number of rotatable bonds is 4. The first-order valence-corrected chi connectivity index (χ1v) is 6.52. The molecule has 0 aliphatic carbocycles. The molecule has 2 rings (SSSR count). The molecule has 6 nitrogen and oxygen atoms in total. The van der Waals surface area contributed by atoms with E-state index < -0.39 is 5.97 Å². The van der Waals surface area contributed by atoms with Gasteiger partial charge in [0.15, 0.2) is 0 Å². The van der Waals surface area contributed by atoms with Crippen LogP contribution in [0.5, 0.6) is 0 Å². The summed E-state index contributed by atoms with van der Waals surface area (Å²) < 4.78 is 1.22. The normalized spacial score (nSPS) is 10.4. The molecule has 2 aromatic rings. The zero-order valence-electron chi connectivity index (χ0n) is 9.88. The Labute approximate surface area is 117 Å². The van der Waals surface area contributed by atoms with Crippen LogP contribution in [0.25, 0.3) is 0 Å². The molecule has 0 bridgehead atoms. The molecule has 2 aromatic heterocycles. The molecule has 0 aromatic carbocycles. The SMILES string of the molecule is Cc1csc(C(=O)Nc2cnn(CC(=O)O)c2)c1Cl. The lowest BCUT2D eigenvalue weighted by Crippen LogP contribution is -2.11. The van der Waals surface area contributed by atoms with E-state index in [4.69, 9.17) is 16.7 Å². The number of carboxylic acid groups (broad SMARTS) is 1. The Bertz CT molecular complexity index is 635. The fourth-order valence-corrected chi connectivity index (χ4v) is 2.60. The number of nitrogens with one attached hydrogen (secondary N) is 1. The average molecular weight is 300 g/mol.